The van der Waals surface area contributed by atoms with Gasteiger partial charge in [0.2, 0.25) is 0 Å². The molecule has 0 aliphatic rings. The van der Waals surface area contributed by atoms with Gasteiger partial charge in [-0.05, 0) is 28.1 Å². The predicted molar refractivity (Wildman–Crippen MR) is 64.5 cm³/mol. The molecule has 0 unspecified atom stereocenters. The van der Waals surface area contributed by atoms with Gasteiger partial charge in [0.1, 0.15) is 11.6 Å². The average Bonchev–Trinajstić information content (AvgIpc) is 2.33. The second kappa shape index (κ2) is 4.85. The number of halogens is 3. The smallest absolute Gasteiger partial charge is 0.313 e. The fraction of sp³-hybridized carbons (Fsp3) is 0.0909. The highest BCUT2D eigenvalue weighted by atomic mass is 79.9. The molecule has 0 aliphatic carbocycles. The van der Waals surface area contributed by atoms with Crippen LogP contribution in [0.4, 0.5) is 8.78 Å². The van der Waals surface area contributed by atoms with Crippen LogP contribution in [0.15, 0.2) is 38.5 Å². The van der Waals surface area contributed by atoms with E-state index in [0.717, 1.165) is 12.1 Å². The van der Waals surface area contributed by atoms with Gasteiger partial charge < -0.3 is 4.98 Å². The van der Waals surface area contributed by atoms with E-state index in [0.29, 0.717) is 4.57 Å². The highest BCUT2D eigenvalue weighted by molar-refractivity contribution is 9.10. The molecule has 7 heteroatoms. The zero-order chi connectivity index (χ0) is 13.3. The van der Waals surface area contributed by atoms with E-state index >= 15 is 0 Å². The van der Waals surface area contributed by atoms with Crippen LogP contribution < -0.4 is 11.2 Å². The van der Waals surface area contributed by atoms with Gasteiger partial charge in [-0.1, -0.05) is 6.07 Å². The number of H-pyrrole nitrogens is 1. The normalized spacial score (nSPS) is 10.6. The number of benzene rings is 1. The first-order chi connectivity index (χ1) is 8.50. The monoisotopic (exact) mass is 316 g/mol. The minimum absolute atomic E-state index is 0.110. The van der Waals surface area contributed by atoms with Crippen molar-refractivity contribution in [2.75, 3.05) is 0 Å². The molecule has 1 aromatic heterocycles. The first kappa shape index (κ1) is 12.7. The van der Waals surface area contributed by atoms with Gasteiger partial charge in [-0.15, -0.1) is 0 Å². The summed E-state index contributed by atoms with van der Waals surface area (Å²) in [6.45, 7) is -0.466. The molecule has 18 heavy (non-hydrogen) atoms. The molecule has 0 bridgehead atoms. The number of aromatic nitrogens is 2. The lowest BCUT2D eigenvalue weighted by molar-refractivity contribution is 0.535. The summed E-state index contributed by atoms with van der Waals surface area (Å²) >= 11 is 2.94. The van der Waals surface area contributed by atoms with E-state index < -0.39 is 29.4 Å². The van der Waals surface area contributed by atoms with Gasteiger partial charge in [-0.25, -0.2) is 13.6 Å². The van der Waals surface area contributed by atoms with Crippen LogP contribution in [0.5, 0.6) is 0 Å². The summed E-state index contributed by atoms with van der Waals surface area (Å²) in [5.41, 5.74) is -1.71. The Morgan fingerprint density at radius 2 is 1.83 bits per heavy atom. The summed E-state index contributed by atoms with van der Waals surface area (Å²) < 4.78 is 27.7. The maximum Gasteiger partial charge on any atom is 0.328 e. The standard InChI is InChI=1S/C11H7BrF2N2O2/c12-7-4-15-11(18)16(10(7)17)5-6-8(13)2-1-3-9(6)14/h1-4H,5H2,(H,15,18). The lowest BCUT2D eigenvalue weighted by Crippen LogP contribution is -2.35. The molecule has 94 valence electrons. The number of aromatic amines is 1. The first-order valence-corrected chi connectivity index (χ1v) is 5.71. The van der Waals surface area contributed by atoms with Crippen LogP contribution in [0.1, 0.15) is 5.56 Å². The van der Waals surface area contributed by atoms with Crippen molar-refractivity contribution in [2.45, 2.75) is 6.54 Å². The van der Waals surface area contributed by atoms with Gasteiger partial charge in [-0.2, -0.15) is 0 Å². The van der Waals surface area contributed by atoms with Crippen molar-refractivity contribution in [1.82, 2.24) is 9.55 Å². The van der Waals surface area contributed by atoms with Crippen molar-refractivity contribution in [3.63, 3.8) is 0 Å². The zero-order valence-electron chi connectivity index (χ0n) is 8.91. The van der Waals surface area contributed by atoms with E-state index in [1.807, 2.05) is 0 Å². The van der Waals surface area contributed by atoms with Gasteiger partial charge in [0, 0.05) is 11.8 Å². The molecule has 1 heterocycles. The minimum Gasteiger partial charge on any atom is -0.313 e. The molecule has 0 saturated heterocycles. The van der Waals surface area contributed by atoms with Crippen LogP contribution in [0.3, 0.4) is 0 Å². The molecule has 2 aromatic rings. The van der Waals surface area contributed by atoms with E-state index in [1.165, 1.54) is 12.3 Å². The Kier molecular flexibility index (Phi) is 3.42. The van der Waals surface area contributed by atoms with Gasteiger partial charge in [0.15, 0.2) is 0 Å². The first-order valence-electron chi connectivity index (χ1n) is 4.91. The molecule has 0 fully saturated rings. The second-order valence-corrected chi connectivity index (χ2v) is 4.39. The summed E-state index contributed by atoms with van der Waals surface area (Å²) in [4.78, 5) is 25.4. The number of hydrogen-bond acceptors (Lipinski definition) is 2. The Hall–Kier alpha value is -1.76. The number of hydrogen-bond donors (Lipinski definition) is 1. The van der Waals surface area contributed by atoms with Crippen LogP contribution >= 0.6 is 15.9 Å². The van der Waals surface area contributed by atoms with E-state index in [9.17, 15) is 18.4 Å². The van der Waals surface area contributed by atoms with E-state index in [4.69, 9.17) is 0 Å². The fourth-order valence-electron chi connectivity index (χ4n) is 1.47. The van der Waals surface area contributed by atoms with Crippen molar-refractivity contribution in [1.29, 1.82) is 0 Å². The van der Waals surface area contributed by atoms with Crippen LogP contribution in [0, 0.1) is 11.6 Å². The molecule has 0 radical (unpaired) electrons. The molecule has 1 aromatic carbocycles. The summed E-state index contributed by atoms with van der Waals surface area (Å²) in [7, 11) is 0. The van der Waals surface area contributed by atoms with Gasteiger partial charge in [0.05, 0.1) is 11.0 Å². The van der Waals surface area contributed by atoms with Crippen molar-refractivity contribution in [3.05, 3.63) is 66.9 Å². The Morgan fingerprint density at radius 1 is 1.22 bits per heavy atom. The lowest BCUT2D eigenvalue weighted by atomic mass is 10.2. The molecule has 2 rings (SSSR count). The Morgan fingerprint density at radius 3 is 2.44 bits per heavy atom. The molecule has 0 aliphatic heterocycles. The molecule has 1 N–H and O–H groups in total. The summed E-state index contributed by atoms with van der Waals surface area (Å²) in [5.74, 6) is -1.61. The van der Waals surface area contributed by atoms with Crippen LogP contribution in [0.2, 0.25) is 0 Å². The van der Waals surface area contributed by atoms with E-state index in [1.54, 1.807) is 0 Å². The molecule has 4 nitrogen and oxygen atoms in total. The van der Waals surface area contributed by atoms with Crippen molar-refractivity contribution >= 4 is 15.9 Å². The van der Waals surface area contributed by atoms with Crippen LogP contribution in [-0.4, -0.2) is 9.55 Å². The minimum atomic E-state index is -0.804. The van der Waals surface area contributed by atoms with Gasteiger partial charge in [-0.3, -0.25) is 9.36 Å². The maximum atomic E-state index is 13.4. The quantitative estimate of drug-likeness (QED) is 0.915. The van der Waals surface area contributed by atoms with E-state index in [2.05, 4.69) is 20.9 Å². The Balaban J connectivity index is 2.57. The van der Waals surface area contributed by atoms with Gasteiger partial charge >= 0.3 is 5.69 Å². The van der Waals surface area contributed by atoms with Crippen molar-refractivity contribution < 1.29 is 8.78 Å². The fourth-order valence-corrected chi connectivity index (χ4v) is 1.80. The maximum absolute atomic E-state index is 13.4. The SMILES string of the molecule is O=c1[nH]cc(Br)c(=O)n1Cc1c(F)cccc1F. The topological polar surface area (TPSA) is 54.9 Å². The third kappa shape index (κ3) is 2.26. The third-order valence-electron chi connectivity index (χ3n) is 2.39. The third-order valence-corrected chi connectivity index (χ3v) is 2.96. The average molecular weight is 317 g/mol. The van der Waals surface area contributed by atoms with Crippen molar-refractivity contribution in [3.8, 4) is 0 Å². The molecule has 0 amide bonds. The molecular formula is C11H7BrF2N2O2. The molecule has 0 saturated carbocycles. The number of nitrogens with one attached hydrogen (secondary N) is 1. The predicted octanol–water partition coefficient (Wildman–Crippen LogP) is 1.63. The highest BCUT2D eigenvalue weighted by Crippen LogP contribution is 2.12. The van der Waals surface area contributed by atoms with Crippen molar-refractivity contribution in [2.24, 2.45) is 0 Å². The zero-order valence-corrected chi connectivity index (χ0v) is 10.5. The lowest BCUT2D eigenvalue weighted by Gasteiger charge is -2.07. The Labute approximate surface area is 108 Å². The number of nitrogens with zero attached hydrogens (tertiary/aromatic N) is 1. The molecule has 0 spiro atoms. The van der Waals surface area contributed by atoms with Crippen LogP contribution in [0.25, 0.3) is 0 Å². The summed E-state index contributed by atoms with van der Waals surface area (Å²) in [5, 5.41) is 0. The van der Waals surface area contributed by atoms with E-state index in [-0.39, 0.29) is 10.0 Å². The Bertz CT molecular complexity index is 689. The summed E-state index contributed by atoms with van der Waals surface area (Å²) in [6, 6.07) is 3.34. The summed E-state index contributed by atoms with van der Waals surface area (Å²) in [6.07, 6.45) is 1.18. The second-order valence-electron chi connectivity index (χ2n) is 3.53. The molecular weight excluding hydrogens is 310 g/mol. The van der Waals surface area contributed by atoms with Gasteiger partial charge in [0.25, 0.3) is 5.56 Å². The largest absolute Gasteiger partial charge is 0.328 e. The highest BCUT2D eigenvalue weighted by Gasteiger charge is 2.12. The number of rotatable bonds is 2. The van der Waals surface area contributed by atoms with Crippen LogP contribution in [-0.2, 0) is 6.54 Å². The molecule has 0 atom stereocenters.